The largest absolute Gasteiger partial charge is 0.384 e. The van der Waals surface area contributed by atoms with Crippen molar-refractivity contribution in [2.75, 3.05) is 33.1 Å². The first-order valence-corrected chi connectivity index (χ1v) is 8.91. The highest BCUT2D eigenvalue weighted by atomic mass is 32.9. The highest BCUT2D eigenvalue weighted by Crippen LogP contribution is 2.61. The van der Waals surface area contributed by atoms with Gasteiger partial charge >= 0.3 is 0 Å². The molecule has 0 aromatic rings. The van der Waals surface area contributed by atoms with Gasteiger partial charge in [-0.1, -0.05) is 23.6 Å². The predicted molar refractivity (Wildman–Crippen MR) is 71.7 cm³/mol. The van der Waals surface area contributed by atoms with Crippen LogP contribution in [0, 0.1) is 0 Å². The molecule has 0 amide bonds. The average Bonchev–Trinajstić information content (AvgIpc) is 2.17. The van der Waals surface area contributed by atoms with Gasteiger partial charge in [0.15, 0.2) is 0 Å². The Bertz CT molecular complexity index is 215. The van der Waals surface area contributed by atoms with E-state index >= 15 is 0 Å². The van der Waals surface area contributed by atoms with Crippen molar-refractivity contribution in [3.63, 3.8) is 0 Å². The zero-order valence-electron chi connectivity index (χ0n) is 8.63. The summed E-state index contributed by atoms with van der Waals surface area (Å²) < 4.78 is 12.4. The molecular weight excluding hydrogens is 257 g/mol. The first-order chi connectivity index (χ1) is 6.60. The molecule has 0 heterocycles. The van der Waals surface area contributed by atoms with Gasteiger partial charge < -0.3 is 13.9 Å². The van der Waals surface area contributed by atoms with E-state index in [1.54, 1.807) is 24.0 Å². The van der Waals surface area contributed by atoms with E-state index in [9.17, 15) is 0 Å². The summed E-state index contributed by atoms with van der Waals surface area (Å²) in [7, 11) is 3.54. The number of thiocarbonyl (C=S) groups is 1. The Morgan fingerprint density at radius 1 is 1.57 bits per heavy atom. The van der Waals surface area contributed by atoms with E-state index in [1.165, 1.54) is 0 Å². The summed E-state index contributed by atoms with van der Waals surface area (Å²) in [5, 5.41) is 0. The quantitative estimate of drug-likeness (QED) is 0.382. The molecule has 0 rings (SSSR count). The van der Waals surface area contributed by atoms with Gasteiger partial charge in [0.05, 0.1) is 18.7 Å². The van der Waals surface area contributed by atoms with E-state index < -0.39 is 5.62 Å². The van der Waals surface area contributed by atoms with Gasteiger partial charge in [0.25, 0.3) is 0 Å². The standard InChI is InChI=1S/C7H16NO2PS3/c1-4-10-11(13,8(2)7-12)14-6-5-9-3/h7H,4-6H2,1-3H3. The molecule has 0 saturated carbocycles. The van der Waals surface area contributed by atoms with Crippen molar-refractivity contribution in [2.45, 2.75) is 6.92 Å². The summed E-state index contributed by atoms with van der Waals surface area (Å²) in [5.41, 5.74) is -0.445. The Balaban J connectivity index is 4.24. The number of hydrogen-bond donors (Lipinski definition) is 0. The summed E-state index contributed by atoms with van der Waals surface area (Å²) in [4.78, 5) is 0. The number of methoxy groups -OCH3 is 1. The lowest BCUT2D eigenvalue weighted by molar-refractivity contribution is 0.219. The SMILES string of the molecule is CCOP(=S)(SCCOC)N(C)C=S. The summed E-state index contributed by atoms with van der Waals surface area (Å²) >= 11 is 11.9. The predicted octanol–water partition coefficient (Wildman–Crippen LogP) is 2.52. The molecule has 14 heavy (non-hydrogen) atoms. The van der Waals surface area contributed by atoms with Gasteiger partial charge in [-0.3, -0.25) is 0 Å². The van der Waals surface area contributed by atoms with Gasteiger partial charge in [0.2, 0.25) is 5.62 Å². The average molecular weight is 273 g/mol. The third kappa shape index (κ3) is 5.05. The van der Waals surface area contributed by atoms with Crippen LogP contribution >= 0.6 is 29.2 Å². The third-order valence-electron chi connectivity index (χ3n) is 1.37. The molecule has 0 aromatic carbocycles. The van der Waals surface area contributed by atoms with Crippen LogP contribution in [0.25, 0.3) is 0 Å². The van der Waals surface area contributed by atoms with E-state index in [0.717, 1.165) is 5.75 Å². The van der Waals surface area contributed by atoms with Gasteiger partial charge in [-0.05, 0) is 18.7 Å². The topological polar surface area (TPSA) is 21.7 Å². The van der Waals surface area contributed by atoms with E-state index in [-0.39, 0.29) is 0 Å². The van der Waals surface area contributed by atoms with Crippen molar-refractivity contribution in [3.8, 4) is 0 Å². The van der Waals surface area contributed by atoms with Crippen LogP contribution in [0.5, 0.6) is 0 Å². The molecule has 0 aliphatic rings. The van der Waals surface area contributed by atoms with Crippen molar-refractivity contribution in [2.24, 2.45) is 0 Å². The van der Waals surface area contributed by atoms with Gasteiger partial charge in [-0.2, -0.15) is 0 Å². The van der Waals surface area contributed by atoms with Crippen LogP contribution in [-0.2, 0) is 21.1 Å². The van der Waals surface area contributed by atoms with E-state index in [0.29, 0.717) is 13.2 Å². The molecule has 7 heteroatoms. The molecule has 1 atom stereocenters. The molecule has 0 aliphatic heterocycles. The van der Waals surface area contributed by atoms with Crippen LogP contribution in [-0.4, -0.2) is 43.3 Å². The number of ether oxygens (including phenoxy) is 1. The maximum Gasteiger partial charge on any atom is 0.213 e. The third-order valence-corrected chi connectivity index (χ3v) is 8.65. The number of hydrogen-bond acceptors (Lipinski definition) is 5. The molecule has 0 aromatic heterocycles. The summed E-state index contributed by atoms with van der Waals surface area (Å²) in [6.07, 6.45) is 0. The van der Waals surface area contributed by atoms with Crippen LogP contribution in [0.1, 0.15) is 6.92 Å². The van der Waals surface area contributed by atoms with Crippen LogP contribution in [0.2, 0.25) is 0 Å². The van der Waals surface area contributed by atoms with E-state index in [4.69, 9.17) is 33.3 Å². The van der Waals surface area contributed by atoms with Gasteiger partial charge in [-0.25, -0.2) is 0 Å². The van der Waals surface area contributed by atoms with Crippen LogP contribution in [0.3, 0.4) is 0 Å². The van der Waals surface area contributed by atoms with E-state index in [2.05, 4.69) is 0 Å². The Morgan fingerprint density at radius 2 is 2.21 bits per heavy atom. The monoisotopic (exact) mass is 273 g/mol. The molecule has 0 spiro atoms. The van der Waals surface area contributed by atoms with Crippen molar-refractivity contribution in [3.05, 3.63) is 0 Å². The summed E-state index contributed by atoms with van der Waals surface area (Å²) in [5.74, 6) is 0.835. The zero-order chi connectivity index (χ0) is 11.0. The lowest BCUT2D eigenvalue weighted by Crippen LogP contribution is -2.12. The molecule has 0 saturated heterocycles. The minimum Gasteiger partial charge on any atom is -0.384 e. The Hall–Kier alpha value is 0.810. The van der Waals surface area contributed by atoms with Gasteiger partial charge in [0.1, 0.15) is 0 Å². The fourth-order valence-corrected chi connectivity index (χ4v) is 6.06. The maximum absolute atomic E-state index is 5.59. The lowest BCUT2D eigenvalue weighted by Gasteiger charge is -2.28. The zero-order valence-corrected chi connectivity index (χ0v) is 12.0. The lowest BCUT2D eigenvalue weighted by atomic mass is 10.9. The second-order valence-electron chi connectivity index (χ2n) is 2.39. The molecule has 3 nitrogen and oxygen atoms in total. The summed E-state index contributed by atoms with van der Waals surface area (Å²) in [6.45, 7) is 3.24. The van der Waals surface area contributed by atoms with Crippen molar-refractivity contribution >= 4 is 46.5 Å². The molecule has 0 radical (unpaired) electrons. The highest BCUT2D eigenvalue weighted by Gasteiger charge is 2.21. The molecule has 1 unspecified atom stereocenters. The fraction of sp³-hybridized carbons (Fsp3) is 0.857. The Labute approximate surface area is 100 Å². The Morgan fingerprint density at radius 3 is 2.64 bits per heavy atom. The van der Waals surface area contributed by atoms with Gasteiger partial charge in [-0.15, -0.1) is 0 Å². The van der Waals surface area contributed by atoms with Gasteiger partial charge in [0, 0.05) is 19.9 Å². The Kier molecular flexibility index (Phi) is 8.48. The first-order valence-electron chi connectivity index (χ1n) is 4.17. The first kappa shape index (κ1) is 14.8. The van der Waals surface area contributed by atoms with Crippen molar-refractivity contribution in [1.29, 1.82) is 0 Å². The van der Waals surface area contributed by atoms with Crippen LogP contribution < -0.4 is 0 Å². The van der Waals surface area contributed by atoms with Crippen LogP contribution in [0.15, 0.2) is 0 Å². The number of rotatable bonds is 8. The van der Waals surface area contributed by atoms with E-state index in [1.807, 2.05) is 18.6 Å². The summed E-state index contributed by atoms with van der Waals surface area (Å²) in [6, 6.07) is 0. The second-order valence-corrected chi connectivity index (χ2v) is 9.53. The smallest absolute Gasteiger partial charge is 0.213 e. The molecular formula is C7H16NO2PS3. The second kappa shape index (κ2) is 8.02. The maximum atomic E-state index is 5.59. The number of nitrogens with zero attached hydrogens (tertiary/aromatic N) is 1. The molecule has 0 N–H and O–H groups in total. The normalized spacial score (nSPS) is 14.8. The fourth-order valence-electron chi connectivity index (χ4n) is 0.676. The molecule has 84 valence electrons. The van der Waals surface area contributed by atoms with Crippen LogP contribution in [0.4, 0.5) is 0 Å². The van der Waals surface area contributed by atoms with Crippen molar-refractivity contribution in [1.82, 2.24) is 4.67 Å². The van der Waals surface area contributed by atoms with Crippen molar-refractivity contribution < 1.29 is 9.26 Å². The molecule has 0 fully saturated rings. The minimum atomic E-state index is -2.00. The highest BCUT2D eigenvalue weighted by molar-refractivity contribution is 8.68. The molecule has 0 bridgehead atoms. The molecule has 0 aliphatic carbocycles. The minimum absolute atomic E-state index is 0.616.